The van der Waals surface area contributed by atoms with Crippen LogP contribution >= 0.6 is 0 Å². The fraction of sp³-hybridized carbons (Fsp3) is 0.250. The first-order valence-corrected chi connectivity index (χ1v) is 5.62. The molecule has 0 atom stereocenters. The average molecular weight is 267 g/mol. The topological polar surface area (TPSA) is 57.0 Å². The van der Waals surface area contributed by atoms with Gasteiger partial charge in [0.2, 0.25) is 0 Å². The fourth-order valence-corrected chi connectivity index (χ4v) is 1.52. The third kappa shape index (κ3) is 3.12. The second-order valence-electron chi connectivity index (χ2n) is 3.73. The summed E-state index contributed by atoms with van der Waals surface area (Å²) in [7, 11) is 0. The van der Waals surface area contributed by atoms with Gasteiger partial charge in [0.05, 0.1) is 24.9 Å². The second kappa shape index (κ2) is 5.55. The Morgan fingerprint density at radius 2 is 2.21 bits per heavy atom. The monoisotopic (exact) mass is 267 g/mol. The van der Waals surface area contributed by atoms with Gasteiger partial charge >= 0.3 is 5.97 Å². The number of hydrogen-bond acceptors (Lipinski definition) is 4. The van der Waals surface area contributed by atoms with Crippen LogP contribution in [0.3, 0.4) is 0 Å². The number of ether oxygens (including phenoxy) is 1. The van der Waals surface area contributed by atoms with E-state index in [4.69, 9.17) is 4.74 Å². The van der Waals surface area contributed by atoms with Crippen LogP contribution in [0, 0.1) is 11.6 Å². The first kappa shape index (κ1) is 13.1. The summed E-state index contributed by atoms with van der Waals surface area (Å²) in [5.74, 6) is -1.87. The Hall–Kier alpha value is -2.31. The predicted octanol–water partition coefficient (Wildman–Crippen LogP) is 1.65. The van der Waals surface area contributed by atoms with Gasteiger partial charge < -0.3 is 4.74 Å². The number of nitrogens with zero attached hydrogens (tertiary/aromatic N) is 3. The van der Waals surface area contributed by atoms with E-state index in [2.05, 4.69) is 10.3 Å². The Bertz CT molecular complexity index is 598. The van der Waals surface area contributed by atoms with Gasteiger partial charge in [0, 0.05) is 6.07 Å². The van der Waals surface area contributed by atoms with Crippen LogP contribution in [0.25, 0.3) is 5.69 Å². The number of carbonyl (C=O) groups is 1. The maximum Gasteiger partial charge on any atom is 0.311 e. The molecule has 0 aliphatic heterocycles. The molecular weight excluding hydrogens is 256 g/mol. The molecule has 0 fully saturated rings. The number of esters is 1. The molecule has 0 unspecified atom stereocenters. The molecule has 0 aliphatic rings. The van der Waals surface area contributed by atoms with Crippen LogP contribution in [0.5, 0.6) is 0 Å². The molecule has 0 saturated heterocycles. The van der Waals surface area contributed by atoms with Crippen molar-refractivity contribution in [2.45, 2.75) is 13.3 Å². The van der Waals surface area contributed by atoms with Gasteiger partial charge in [0.15, 0.2) is 5.82 Å². The van der Waals surface area contributed by atoms with Crippen LogP contribution in [0.1, 0.15) is 12.6 Å². The maximum absolute atomic E-state index is 13.5. The van der Waals surface area contributed by atoms with E-state index in [1.165, 1.54) is 12.3 Å². The van der Waals surface area contributed by atoms with Crippen molar-refractivity contribution in [3.63, 3.8) is 0 Å². The van der Waals surface area contributed by atoms with E-state index in [1.807, 2.05) is 0 Å². The highest BCUT2D eigenvalue weighted by molar-refractivity contribution is 5.71. The van der Waals surface area contributed by atoms with Crippen molar-refractivity contribution in [3.8, 4) is 5.69 Å². The van der Waals surface area contributed by atoms with Gasteiger partial charge in [-0.2, -0.15) is 0 Å². The Morgan fingerprint density at radius 3 is 2.89 bits per heavy atom. The van der Waals surface area contributed by atoms with Gasteiger partial charge in [0.25, 0.3) is 0 Å². The summed E-state index contributed by atoms with van der Waals surface area (Å²) < 4.78 is 32.2. The molecule has 0 aliphatic carbocycles. The van der Waals surface area contributed by atoms with Gasteiger partial charge in [-0.25, -0.2) is 13.5 Å². The number of carbonyl (C=O) groups excluding carboxylic acids is 1. The normalized spacial score (nSPS) is 10.5. The molecule has 0 spiro atoms. The van der Waals surface area contributed by atoms with E-state index in [0.717, 1.165) is 16.8 Å². The molecule has 19 heavy (non-hydrogen) atoms. The lowest BCUT2D eigenvalue weighted by Crippen LogP contribution is -2.07. The number of aromatic nitrogens is 3. The van der Waals surface area contributed by atoms with Crippen molar-refractivity contribution >= 4 is 5.97 Å². The molecule has 0 saturated carbocycles. The minimum atomic E-state index is -0.757. The lowest BCUT2D eigenvalue weighted by molar-refractivity contribution is -0.142. The SMILES string of the molecule is CCOC(=O)Cc1cn(-c2ccc(F)cc2F)nn1. The van der Waals surface area contributed by atoms with Crippen LogP contribution in [-0.2, 0) is 16.0 Å². The molecule has 100 valence electrons. The quantitative estimate of drug-likeness (QED) is 0.790. The van der Waals surface area contributed by atoms with Crippen molar-refractivity contribution in [2.24, 2.45) is 0 Å². The molecule has 7 heteroatoms. The molecule has 0 N–H and O–H groups in total. The molecule has 0 bridgehead atoms. The zero-order valence-electron chi connectivity index (χ0n) is 10.1. The predicted molar refractivity (Wildman–Crippen MR) is 61.6 cm³/mol. The molecule has 2 rings (SSSR count). The molecule has 1 aromatic heterocycles. The molecule has 0 radical (unpaired) electrons. The largest absolute Gasteiger partial charge is 0.466 e. The smallest absolute Gasteiger partial charge is 0.311 e. The zero-order chi connectivity index (χ0) is 13.8. The number of halogens is 2. The summed E-state index contributed by atoms with van der Waals surface area (Å²) in [5.41, 5.74) is 0.409. The van der Waals surface area contributed by atoms with Crippen LogP contribution in [0.15, 0.2) is 24.4 Å². The summed E-state index contributed by atoms with van der Waals surface area (Å²) in [6.45, 7) is 1.97. The Kier molecular flexibility index (Phi) is 3.84. The summed E-state index contributed by atoms with van der Waals surface area (Å²) >= 11 is 0. The molecule has 0 amide bonds. The van der Waals surface area contributed by atoms with Gasteiger partial charge in [-0.15, -0.1) is 5.10 Å². The van der Waals surface area contributed by atoms with Gasteiger partial charge in [0.1, 0.15) is 11.5 Å². The van der Waals surface area contributed by atoms with Crippen molar-refractivity contribution in [3.05, 3.63) is 41.7 Å². The van der Waals surface area contributed by atoms with Crippen LogP contribution in [-0.4, -0.2) is 27.6 Å². The number of hydrogen-bond donors (Lipinski definition) is 0. The maximum atomic E-state index is 13.5. The molecular formula is C12H11F2N3O2. The van der Waals surface area contributed by atoms with E-state index in [0.29, 0.717) is 5.69 Å². The molecule has 1 heterocycles. The standard InChI is InChI=1S/C12H11F2N3O2/c1-2-19-12(18)6-9-7-17(16-15-9)11-4-3-8(13)5-10(11)14/h3-5,7H,2,6H2,1H3. The first-order chi connectivity index (χ1) is 9.10. The van der Waals surface area contributed by atoms with Crippen LogP contribution in [0.4, 0.5) is 8.78 Å². The highest BCUT2D eigenvalue weighted by atomic mass is 19.1. The fourth-order valence-electron chi connectivity index (χ4n) is 1.52. The van der Waals surface area contributed by atoms with Crippen LogP contribution in [0.2, 0.25) is 0 Å². The minimum Gasteiger partial charge on any atom is -0.466 e. The highest BCUT2D eigenvalue weighted by Crippen LogP contribution is 2.13. The molecule has 5 nitrogen and oxygen atoms in total. The molecule has 2 aromatic rings. The lowest BCUT2D eigenvalue weighted by atomic mass is 10.3. The minimum absolute atomic E-state index is 0.0450. The third-order valence-corrected chi connectivity index (χ3v) is 2.33. The van der Waals surface area contributed by atoms with Gasteiger partial charge in [-0.1, -0.05) is 5.21 Å². The summed E-state index contributed by atoms with van der Waals surface area (Å²) in [6, 6.07) is 3.11. The van der Waals surface area contributed by atoms with Gasteiger partial charge in [-0.05, 0) is 19.1 Å². The Morgan fingerprint density at radius 1 is 1.42 bits per heavy atom. The van der Waals surface area contributed by atoms with E-state index in [-0.39, 0.29) is 18.7 Å². The highest BCUT2D eigenvalue weighted by Gasteiger charge is 2.11. The third-order valence-electron chi connectivity index (χ3n) is 2.33. The van der Waals surface area contributed by atoms with E-state index in [1.54, 1.807) is 6.92 Å². The van der Waals surface area contributed by atoms with E-state index >= 15 is 0 Å². The Balaban J connectivity index is 2.18. The summed E-state index contributed by atoms with van der Waals surface area (Å²) in [5, 5.41) is 7.42. The number of benzene rings is 1. The molecule has 1 aromatic carbocycles. The average Bonchev–Trinajstić information content (AvgIpc) is 2.77. The second-order valence-corrected chi connectivity index (χ2v) is 3.73. The van der Waals surface area contributed by atoms with Crippen molar-refractivity contribution in [1.82, 2.24) is 15.0 Å². The van der Waals surface area contributed by atoms with Crippen molar-refractivity contribution in [1.29, 1.82) is 0 Å². The van der Waals surface area contributed by atoms with Gasteiger partial charge in [-0.3, -0.25) is 4.79 Å². The lowest BCUT2D eigenvalue weighted by Gasteiger charge is -2.01. The van der Waals surface area contributed by atoms with Crippen molar-refractivity contribution < 1.29 is 18.3 Å². The first-order valence-electron chi connectivity index (χ1n) is 5.62. The van der Waals surface area contributed by atoms with E-state index < -0.39 is 17.6 Å². The van der Waals surface area contributed by atoms with Crippen LogP contribution < -0.4 is 0 Å². The van der Waals surface area contributed by atoms with Crippen molar-refractivity contribution in [2.75, 3.05) is 6.61 Å². The summed E-state index contributed by atoms with van der Waals surface area (Å²) in [4.78, 5) is 11.2. The number of rotatable bonds is 4. The summed E-state index contributed by atoms with van der Waals surface area (Å²) in [6.07, 6.45) is 1.35. The Labute approximate surface area is 107 Å². The zero-order valence-corrected chi connectivity index (χ0v) is 10.1. The van der Waals surface area contributed by atoms with E-state index in [9.17, 15) is 13.6 Å².